The summed E-state index contributed by atoms with van der Waals surface area (Å²) in [4.78, 5) is 1.76. The van der Waals surface area contributed by atoms with Crippen molar-refractivity contribution in [2.75, 3.05) is 26.5 Å². The van der Waals surface area contributed by atoms with Gasteiger partial charge in [0.1, 0.15) is 0 Å². The van der Waals surface area contributed by atoms with Gasteiger partial charge in [-0.1, -0.05) is 0 Å². The third-order valence-electron chi connectivity index (χ3n) is 0.434. The van der Waals surface area contributed by atoms with Crippen molar-refractivity contribution >= 4 is 11.6 Å². The molecule has 0 rings (SSSR count). The van der Waals surface area contributed by atoms with Crippen molar-refractivity contribution < 1.29 is 1.37 Å². The molecule has 0 bridgehead atoms. The van der Waals surface area contributed by atoms with Gasteiger partial charge in [-0.15, -0.1) is 11.6 Å². The molecule has 1 unspecified atom stereocenters. The molecule has 1 nitrogen and oxygen atoms in total. The lowest BCUT2D eigenvalue weighted by Gasteiger charge is -2.02. The van der Waals surface area contributed by atoms with E-state index in [0.717, 1.165) is 0 Å². The molecule has 0 aliphatic heterocycles. The molecule has 2 heteroatoms. The fourth-order valence-electron chi connectivity index (χ4n) is 0.138. The summed E-state index contributed by atoms with van der Waals surface area (Å²) in [6.07, 6.45) is 0. The zero-order chi connectivity index (χ0) is 5.86. The monoisotopic (exact) mass is 108 g/mol. The zero-order valence-electron chi connectivity index (χ0n) is 5.11. The summed E-state index contributed by atoms with van der Waals surface area (Å²) in [7, 11) is 3.67. The van der Waals surface area contributed by atoms with E-state index < -0.39 is 0 Å². The van der Waals surface area contributed by atoms with Gasteiger partial charge in [-0.3, -0.25) is 0 Å². The number of hydrogen-bond donors (Lipinski definition) is 0. The minimum atomic E-state index is -0.248. The van der Waals surface area contributed by atoms with E-state index >= 15 is 0 Å². The van der Waals surface area contributed by atoms with Crippen LogP contribution in [0.15, 0.2) is 0 Å². The number of nitrogens with zero attached hydrogens (tertiary/aromatic N) is 1. The SMILES string of the molecule is [2H]C(CCl)N(C)C. The summed E-state index contributed by atoms with van der Waals surface area (Å²) in [5.74, 6) is 0.382. The van der Waals surface area contributed by atoms with E-state index in [0.29, 0.717) is 5.88 Å². The summed E-state index contributed by atoms with van der Waals surface area (Å²) < 4.78 is 7.07. The minimum Gasteiger partial charge on any atom is -0.308 e. The molecule has 0 aromatic heterocycles. The molecule has 0 aromatic carbocycles. The zero-order valence-corrected chi connectivity index (χ0v) is 4.87. The molecule has 0 aromatic rings. The minimum absolute atomic E-state index is 0.248. The summed E-state index contributed by atoms with van der Waals surface area (Å²) in [6.45, 7) is -0.248. The van der Waals surface area contributed by atoms with Crippen LogP contribution in [0.2, 0.25) is 0 Å². The van der Waals surface area contributed by atoms with Gasteiger partial charge >= 0.3 is 0 Å². The largest absolute Gasteiger partial charge is 0.308 e. The first-order valence-corrected chi connectivity index (χ1v) is 2.36. The Kier molecular flexibility index (Phi) is 2.53. The molecule has 0 aliphatic carbocycles. The van der Waals surface area contributed by atoms with E-state index in [1.54, 1.807) is 4.90 Å². The van der Waals surface area contributed by atoms with Crippen LogP contribution >= 0.6 is 11.6 Å². The average Bonchev–Trinajstić information content (AvgIpc) is 1.65. The lowest BCUT2D eigenvalue weighted by Crippen LogP contribution is -2.13. The smallest absolute Gasteiger partial charge is 0.0443 e. The van der Waals surface area contributed by atoms with Crippen LogP contribution in [0.1, 0.15) is 1.37 Å². The molecule has 0 amide bonds. The Balaban J connectivity index is 3.14. The molecule has 0 saturated carbocycles. The highest BCUT2D eigenvalue weighted by Crippen LogP contribution is 1.75. The Hall–Kier alpha value is 0.250. The van der Waals surface area contributed by atoms with Gasteiger partial charge in [0.05, 0.1) is 0 Å². The third-order valence-corrected chi connectivity index (χ3v) is 0.572. The Morgan fingerprint density at radius 3 is 2.33 bits per heavy atom. The molecule has 0 N–H and O–H groups in total. The Morgan fingerprint density at radius 1 is 1.83 bits per heavy atom. The van der Waals surface area contributed by atoms with Crippen molar-refractivity contribution in [2.45, 2.75) is 0 Å². The summed E-state index contributed by atoms with van der Waals surface area (Å²) >= 11 is 5.32. The van der Waals surface area contributed by atoms with Crippen molar-refractivity contribution in [2.24, 2.45) is 0 Å². The first-order chi connectivity index (χ1) is 3.18. The highest BCUT2D eigenvalue weighted by Gasteiger charge is 1.81. The third kappa shape index (κ3) is 4.25. The van der Waals surface area contributed by atoms with E-state index in [-0.39, 0.29) is 6.52 Å². The number of alkyl halides is 1. The van der Waals surface area contributed by atoms with Crippen LogP contribution in [-0.2, 0) is 0 Å². The molecule has 0 fully saturated rings. The summed E-state index contributed by atoms with van der Waals surface area (Å²) in [5.41, 5.74) is 0. The lowest BCUT2D eigenvalue weighted by atomic mass is 10.7. The van der Waals surface area contributed by atoms with Crippen LogP contribution in [0, 0.1) is 0 Å². The van der Waals surface area contributed by atoms with Gasteiger partial charge in [0.15, 0.2) is 0 Å². The second-order valence-electron chi connectivity index (χ2n) is 1.30. The van der Waals surface area contributed by atoms with Crippen molar-refractivity contribution in [3.8, 4) is 0 Å². The van der Waals surface area contributed by atoms with Crippen molar-refractivity contribution in [1.82, 2.24) is 4.90 Å². The number of hydrogen-bond acceptors (Lipinski definition) is 1. The van der Waals surface area contributed by atoms with Gasteiger partial charge < -0.3 is 4.90 Å². The fourth-order valence-corrected chi connectivity index (χ4v) is 0.414. The normalized spacial score (nSPS) is 17.7. The highest BCUT2D eigenvalue weighted by molar-refractivity contribution is 6.18. The fraction of sp³-hybridized carbons (Fsp3) is 1.00. The topological polar surface area (TPSA) is 3.24 Å². The highest BCUT2D eigenvalue weighted by atomic mass is 35.5. The second-order valence-corrected chi connectivity index (χ2v) is 1.61. The Bertz CT molecular complexity index is 49.0. The van der Waals surface area contributed by atoms with Crippen LogP contribution < -0.4 is 0 Å². The van der Waals surface area contributed by atoms with Crippen LogP contribution in [0.5, 0.6) is 0 Å². The first kappa shape index (κ1) is 4.41. The Labute approximate surface area is 45.3 Å². The molecule has 0 spiro atoms. The van der Waals surface area contributed by atoms with Crippen LogP contribution in [0.3, 0.4) is 0 Å². The molecule has 0 heterocycles. The lowest BCUT2D eigenvalue weighted by molar-refractivity contribution is 0.436. The molecule has 38 valence electrons. The van der Waals surface area contributed by atoms with E-state index in [9.17, 15) is 0 Å². The van der Waals surface area contributed by atoms with Gasteiger partial charge in [-0.2, -0.15) is 0 Å². The van der Waals surface area contributed by atoms with Crippen molar-refractivity contribution in [3.05, 3.63) is 0 Å². The van der Waals surface area contributed by atoms with Gasteiger partial charge in [0, 0.05) is 13.8 Å². The maximum atomic E-state index is 7.07. The molecular formula is C4H10ClN. The van der Waals surface area contributed by atoms with Gasteiger partial charge in [0.25, 0.3) is 0 Å². The van der Waals surface area contributed by atoms with Crippen LogP contribution in [-0.4, -0.2) is 31.4 Å². The quantitative estimate of drug-likeness (QED) is 0.473. The average molecular weight is 109 g/mol. The molecule has 1 atom stereocenters. The van der Waals surface area contributed by atoms with E-state index in [4.69, 9.17) is 13.0 Å². The standard InChI is InChI=1S/C4H10ClN/c1-6(2)4-3-5/h3-4H2,1-2H3/i4D. The van der Waals surface area contributed by atoms with E-state index in [2.05, 4.69) is 0 Å². The maximum absolute atomic E-state index is 7.07. The summed E-state index contributed by atoms with van der Waals surface area (Å²) in [5, 5.41) is 0. The molecule has 0 aliphatic rings. The molecule has 0 saturated heterocycles. The van der Waals surface area contributed by atoms with Crippen LogP contribution in [0.25, 0.3) is 0 Å². The molecule has 0 radical (unpaired) electrons. The predicted octanol–water partition coefficient (Wildman–Crippen LogP) is 0.787. The predicted molar refractivity (Wildman–Crippen MR) is 29.3 cm³/mol. The number of rotatable bonds is 2. The summed E-state index contributed by atoms with van der Waals surface area (Å²) in [6, 6.07) is 0. The molecular weight excluding hydrogens is 97.5 g/mol. The second kappa shape index (κ2) is 3.44. The maximum Gasteiger partial charge on any atom is 0.0443 e. The van der Waals surface area contributed by atoms with Gasteiger partial charge in [0.2, 0.25) is 0 Å². The van der Waals surface area contributed by atoms with E-state index in [1.807, 2.05) is 14.1 Å². The first-order valence-electron chi connectivity index (χ1n) is 2.41. The molecule has 6 heavy (non-hydrogen) atoms. The van der Waals surface area contributed by atoms with Crippen molar-refractivity contribution in [3.63, 3.8) is 0 Å². The van der Waals surface area contributed by atoms with Crippen LogP contribution in [0.4, 0.5) is 0 Å². The van der Waals surface area contributed by atoms with Gasteiger partial charge in [-0.05, 0) is 14.1 Å². The Morgan fingerprint density at radius 2 is 2.33 bits per heavy atom. The number of halogens is 1. The van der Waals surface area contributed by atoms with Crippen molar-refractivity contribution in [1.29, 1.82) is 0 Å². The van der Waals surface area contributed by atoms with Gasteiger partial charge in [-0.25, -0.2) is 0 Å². The van der Waals surface area contributed by atoms with E-state index in [1.165, 1.54) is 0 Å².